The third kappa shape index (κ3) is 2.04. The van der Waals surface area contributed by atoms with Crippen molar-refractivity contribution in [3.8, 4) is 0 Å². The van der Waals surface area contributed by atoms with Crippen LogP contribution in [0.4, 0.5) is 0 Å². The van der Waals surface area contributed by atoms with E-state index in [0.717, 1.165) is 11.4 Å². The second kappa shape index (κ2) is 4.69. The quantitative estimate of drug-likeness (QED) is 0.371. The molecule has 8 heteroatoms. The van der Waals surface area contributed by atoms with Gasteiger partial charge in [-0.1, -0.05) is 16.8 Å². The highest BCUT2D eigenvalue weighted by molar-refractivity contribution is 6.31. The van der Waals surface area contributed by atoms with Gasteiger partial charge in [0.25, 0.3) is 0 Å². The van der Waals surface area contributed by atoms with Crippen LogP contribution in [0.1, 0.15) is 17.2 Å². The van der Waals surface area contributed by atoms with Crippen molar-refractivity contribution in [2.24, 2.45) is 17.9 Å². The lowest BCUT2D eigenvalue weighted by atomic mass is 10.3. The summed E-state index contributed by atoms with van der Waals surface area (Å²) in [6.07, 6.45) is 3.30. The van der Waals surface area contributed by atoms with Crippen LogP contribution in [0.15, 0.2) is 17.5 Å². The molecule has 0 aromatic carbocycles. The van der Waals surface area contributed by atoms with E-state index in [1.54, 1.807) is 21.6 Å². The van der Waals surface area contributed by atoms with Gasteiger partial charge in [0.05, 0.1) is 23.0 Å². The summed E-state index contributed by atoms with van der Waals surface area (Å²) in [7, 11) is 1.81. The Morgan fingerprint density at radius 3 is 2.89 bits per heavy atom. The molecule has 96 valence electrons. The van der Waals surface area contributed by atoms with Gasteiger partial charge in [-0.25, -0.2) is 4.98 Å². The molecule has 18 heavy (non-hydrogen) atoms. The molecule has 0 aliphatic carbocycles. The second-order valence-electron chi connectivity index (χ2n) is 3.83. The molecule has 2 aromatic rings. The maximum absolute atomic E-state index is 8.68. The molecule has 0 amide bonds. The van der Waals surface area contributed by atoms with Gasteiger partial charge in [-0.2, -0.15) is 5.10 Å². The Morgan fingerprint density at radius 2 is 2.33 bits per heavy atom. The first-order valence-corrected chi connectivity index (χ1v) is 5.59. The monoisotopic (exact) mass is 268 g/mol. The molecule has 3 N–H and O–H groups in total. The van der Waals surface area contributed by atoms with Crippen LogP contribution < -0.4 is 5.73 Å². The normalized spacial score (nSPS) is 12.1. The Balaban J connectivity index is 2.38. The number of nitrogens with two attached hydrogens (primary N) is 1. The van der Waals surface area contributed by atoms with E-state index in [4.69, 9.17) is 22.5 Å². The lowest BCUT2D eigenvalue weighted by Crippen LogP contribution is -2.20. The maximum Gasteiger partial charge on any atom is 0.206 e. The van der Waals surface area contributed by atoms with E-state index >= 15 is 0 Å². The topological polar surface area (TPSA) is 94.2 Å². The lowest BCUT2D eigenvalue weighted by molar-refractivity contribution is 0.318. The van der Waals surface area contributed by atoms with Crippen LogP contribution in [0, 0.1) is 6.92 Å². The molecule has 0 saturated heterocycles. The number of nitrogens with zero attached hydrogens (tertiary/aromatic N) is 5. The number of aromatic nitrogens is 4. The van der Waals surface area contributed by atoms with E-state index in [9.17, 15) is 0 Å². The first-order chi connectivity index (χ1) is 8.54. The zero-order valence-electron chi connectivity index (χ0n) is 10.0. The van der Waals surface area contributed by atoms with Gasteiger partial charge in [0.1, 0.15) is 0 Å². The van der Waals surface area contributed by atoms with Crippen LogP contribution in [-0.2, 0) is 13.6 Å². The molecule has 0 bridgehead atoms. The summed E-state index contributed by atoms with van der Waals surface area (Å²) in [5.74, 6) is 0.336. The lowest BCUT2D eigenvalue weighted by Gasteiger charge is -2.07. The van der Waals surface area contributed by atoms with Gasteiger partial charge >= 0.3 is 0 Å². The van der Waals surface area contributed by atoms with Gasteiger partial charge in [0.2, 0.25) is 5.84 Å². The molecular formula is C10H13ClN6O. The third-order valence-corrected chi connectivity index (χ3v) is 3.13. The molecule has 0 unspecified atom stereocenters. The summed E-state index contributed by atoms with van der Waals surface area (Å²) in [5, 5.41) is 16.4. The van der Waals surface area contributed by atoms with Gasteiger partial charge in [-0.15, -0.1) is 0 Å². The van der Waals surface area contributed by atoms with Crippen molar-refractivity contribution >= 4 is 17.4 Å². The molecular weight excluding hydrogens is 256 g/mol. The minimum Gasteiger partial charge on any atom is -0.409 e. The second-order valence-corrected chi connectivity index (χ2v) is 4.21. The average molecular weight is 269 g/mol. The Bertz CT molecular complexity index is 600. The summed E-state index contributed by atoms with van der Waals surface area (Å²) in [6.45, 7) is 2.28. The zero-order chi connectivity index (χ0) is 13.3. The predicted molar refractivity (Wildman–Crippen MR) is 66.8 cm³/mol. The SMILES string of the molecule is Cc1nn(C)c(Cn2ccnc2C(N)=NO)c1Cl. The highest BCUT2D eigenvalue weighted by Crippen LogP contribution is 2.20. The van der Waals surface area contributed by atoms with Crippen molar-refractivity contribution in [1.29, 1.82) is 0 Å². The fraction of sp³-hybridized carbons (Fsp3) is 0.300. The number of imidazole rings is 1. The van der Waals surface area contributed by atoms with Crippen molar-refractivity contribution < 1.29 is 5.21 Å². The molecule has 0 fully saturated rings. The van der Waals surface area contributed by atoms with Crippen LogP contribution >= 0.6 is 11.6 Å². The van der Waals surface area contributed by atoms with E-state index < -0.39 is 0 Å². The van der Waals surface area contributed by atoms with Crippen molar-refractivity contribution in [3.63, 3.8) is 0 Å². The van der Waals surface area contributed by atoms with Crippen LogP contribution in [0.5, 0.6) is 0 Å². The average Bonchev–Trinajstić information content (AvgIpc) is 2.89. The maximum atomic E-state index is 8.68. The summed E-state index contributed by atoms with van der Waals surface area (Å²) in [4.78, 5) is 4.02. The van der Waals surface area contributed by atoms with Crippen molar-refractivity contribution in [3.05, 3.63) is 34.6 Å². The molecule has 7 nitrogen and oxygen atoms in total. The molecule has 0 spiro atoms. The predicted octanol–water partition coefficient (Wildman–Crippen LogP) is 0.721. The number of hydrogen-bond acceptors (Lipinski definition) is 4. The van der Waals surface area contributed by atoms with Gasteiger partial charge in [0.15, 0.2) is 5.82 Å². The number of hydrogen-bond donors (Lipinski definition) is 2. The minimum atomic E-state index is -0.0463. The summed E-state index contributed by atoms with van der Waals surface area (Å²) in [5.41, 5.74) is 7.13. The Morgan fingerprint density at radius 1 is 1.61 bits per heavy atom. The smallest absolute Gasteiger partial charge is 0.206 e. The first kappa shape index (κ1) is 12.4. The highest BCUT2D eigenvalue weighted by Gasteiger charge is 2.14. The van der Waals surface area contributed by atoms with Crippen molar-refractivity contribution in [2.45, 2.75) is 13.5 Å². The van der Waals surface area contributed by atoms with Crippen LogP contribution in [-0.4, -0.2) is 30.4 Å². The van der Waals surface area contributed by atoms with Gasteiger partial charge < -0.3 is 15.5 Å². The highest BCUT2D eigenvalue weighted by atomic mass is 35.5. The Labute approximate surface area is 108 Å². The van der Waals surface area contributed by atoms with E-state index in [2.05, 4.69) is 15.2 Å². The molecule has 0 aliphatic rings. The molecule has 2 heterocycles. The van der Waals surface area contributed by atoms with E-state index in [0.29, 0.717) is 17.4 Å². The van der Waals surface area contributed by atoms with E-state index in [1.165, 1.54) is 0 Å². The molecule has 0 aliphatic heterocycles. The molecule has 0 saturated carbocycles. The molecule has 2 aromatic heterocycles. The molecule has 0 radical (unpaired) electrons. The first-order valence-electron chi connectivity index (χ1n) is 5.21. The fourth-order valence-electron chi connectivity index (χ4n) is 1.73. The van der Waals surface area contributed by atoms with E-state index in [-0.39, 0.29) is 5.84 Å². The van der Waals surface area contributed by atoms with Gasteiger partial charge in [-0.05, 0) is 6.92 Å². The Hall–Kier alpha value is -2.02. The van der Waals surface area contributed by atoms with Crippen molar-refractivity contribution in [2.75, 3.05) is 0 Å². The minimum absolute atomic E-state index is 0.0463. The molecule has 0 atom stereocenters. The number of amidine groups is 1. The number of oxime groups is 1. The fourth-order valence-corrected chi connectivity index (χ4v) is 1.95. The standard InChI is InChI=1S/C10H13ClN6O/c1-6-8(11)7(16(2)14-6)5-17-4-3-13-10(17)9(12)15-18/h3-4,18H,5H2,1-2H3,(H2,12,15). The Kier molecular flexibility index (Phi) is 3.24. The van der Waals surface area contributed by atoms with Crippen molar-refractivity contribution in [1.82, 2.24) is 19.3 Å². The van der Waals surface area contributed by atoms with Crippen LogP contribution in [0.2, 0.25) is 5.02 Å². The summed E-state index contributed by atoms with van der Waals surface area (Å²) < 4.78 is 3.44. The molecule has 2 rings (SSSR count). The number of halogens is 1. The summed E-state index contributed by atoms with van der Waals surface area (Å²) >= 11 is 6.17. The largest absolute Gasteiger partial charge is 0.409 e. The third-order valence-electron chi connectivity index (χ3n) is 2.63. The number of aryl methyl sites for hydroxylation is 2. The number of rotatable bonds is 3. The summed E-state index contributed by atoms with van der Waals surface area (Å²) in [6, 6.07) is 0. The van der Waals surface area contributed by atoms with E-state index in [1.807, 2.05) is 14.0 Å². The van der Waals surface area contributed by atoms with Crippen LogP contribution in [0.25, 0.3) is 0 Å². The van der Waals surface area contributed by atoms with Crippen LogP contribution in [0.3, 0.4) is 0 Å². The van der Waals surface area contributed by atoms with Gasteiger partial charge in [0, 0.05) is 19.4 Å². The zero-order valence-corrected chi connectivity index (χ0v) is 10.8. The van der Waals surface area contributed by atoms with Gasteiger partial charge in [-0.3, -0.25) is 4.68 Å².